The quantitative estimate of drug-likeness (QED) is 0.451. The fraction of sp³-hybridized carbons (Fsp3) is 0.125. The molecule has 0 unspecified atom stereocenters. The number of nitrogens with two attached hydrogens (primary N) is 1. The van der Waals surface area contributed by atoms with Crippen molar-refractivity contribution in [2.24, 2.45) is 10.8 Å². The lowest BCUT2D eigenvalue weighted by molar-refractivity contribution is 0.284. The molecule has 0 saturated heterocycles. The van der Waals surface area contributed by atoms with Gasteiger partial charge in [0.25, 0.3) is 0 Å². The molecule has 0 fully saturated rings. The third-order valence-electron chi connectivity index (χ3n) is 2.97. The molecule has 8 heteroatoms. The van der Waals surface area contributed by atoms with Crippen LogP contribution in [0.1, 0.15) is 11.1 Å². The SMILES string of the molecule is COc1cc(C=NNC(N)=S)ccc1OCc1ccc(Cl)cc1Cl. The van der Waals surface area contributed by atoms with Gasteiger partial charge in [-0.15, -0.1) is 0 Å². The van der Waals surface area contributed by atoms with Gasteiger partial charge >= 0.3 is 0 Å². The normalized spacial score (nSPS) is 10.6. The number of hydrazone groups is 1. The van der Waals surface area contributed by atoms with E-state index in [0.717, 1.165) is 11.1 Å². The predicted molar refractivity (Wildman–Crippen MR) is 101 cm³/mol. The highest BCUT2D eigenvalue weighted by Gasteiger charge is 2.07. The molecule has 2 aromatic rings. The molecule has 3 N–H and O–H groups in total. The van der Waals surface area contributed by atoms with Gasteiger partial charge in [-0.3, -0.25) is 5.43 Å². The number of hydrogen-bond donors (Lipinski definition) is 2. The average Bonchev–Trinajstić information content (AvgIpc) is 2.54. The van der Waals surface area contributed by atoms with Gasteiger partial charge in [-0.2, -0.15) is 5.10 Å². The summed E-state index contributed by atoms with van der Waals surface area (Å²) in [4.78, 5) is 0. The van der Waals surface area contributed by atoms with Crippen molar-refractivity contribution in [3.05, 3.63) is 57.6 Å². The summed E-state index contributed by atoms with van der Waals surface area (Å²) in [6, 6.07) is 10.6. The second-order valence-corrected chi connectivity index (χ2v) is 5.95. The molecule has 0 atom stereocenters. The highest BCUT2D eigenvalue weighted by atomic mass is 35.5. The maximum atomic E-state index is 6.14. The lowest BCUT2D eigenvalue weighted by Gasteiger charge is -2.12. The zero-order chi connectivity index (χ0) is 17.5. The van der Waals surface area contributed by atoms with Gasteiger partial charge in [-0.25, -0.2) is 0 Å². The molecule has 24 heavy (non-hydrogen) atoms. The number of thiocarbonyl (C=S) groups is 1. The van der Waals surface area contributed by atoms with Crippen LogP contribution < -0.4 is 20.6 Å². The van der Waals surface area contributed by atoms with Gasteiger partial charge in [0.15, 0.2) is 16.6 Å². The van der Waals surface area contributed by atoms with Crippen molar-refractivity contribution >= 4 is 46.7 Å². The molecule has 0 aliphatic rings. The predicted octanol–water partition coefficient (Wildman–Crippen LogP) is 3.75. The smallest absolute Gasteiger partial charge is 0.184 e. The first-order valence-electron chi connectivity index (χ1n) is 6.83. The highest BCUT2D eigenvalue weighted by molar-refractivity contribution is 7.80. The zero-order valence-electron chi connectivity index (χ0n) is 12.8. The monoisotopic (exact) mass is 383 g/mol. The van der Waals surface area contributed by atoms with Gasteiger partial charge in [0, 0.05) is 15.6 Å². The number of ether oxygens (including phenoxy) is 2. The van der Waals surface area contributed by atoms with Crippen LogP contribution >= 0.6 is 35.4 Å². The number of hydrogen-bond acceptors (Lipinski definition) is 4. The Hall–Kier alpha value is -2.02. The molecular weight excluding hydrogens is 369 g/mol. The second-order valence-electron chi connectivity index (χ2n) is 4.67. The number of nitrogens with zero attached hydrogens (tertiary/aromatic N) is 1. The summed E-state index contributed by atoms with van der Waals surface area (Å²) >= 11 is 16.7. The fourth-order valence-electron chi connectivity index (χ4n) is 1.85. The van der Waals surface area contributed by atoms with Gasteiger partial charge in [0.1, 0.15) is 6.61 Å². The van der Waals surface area contributed by atoms with E-state index in [9.17, 15) is 0 Å². The second kappa shape index (κ2) is 8.73. The summed E-state index contributed by atoms with van der Waals surface area (Å²) < 4.78 is 11.1. The topological polar surface area (TPSA) is 68.9 Å². The van der Waals surface area contributed by atoms with Crippen molar-refractivity contribution in [1.29, 1.82) is 0 Å². The summed E-state index contributed by atoms with van der Waals surface area (Å²) in [5.41, 5.74) is 9.41. The minimum absolute atomic E-state index is 0.0954. The summed E-state index contributed by atoms with van der Waals surface area (Å²) in [5, 5.41) is 5.12. The first-order chi connectivity index (χ1) is 11.5. The Labute approximate surface area is 155 Å². The standard InChI is InChI=1S/C16H15Cl2N3O2S/c1-22-15-6-10(8-20-21-16(19)24)2-5-14(15)23-9-11-3-4-12(17)7-13(11)18/h2-8H,9H2,1H3,(H3,19,21,24). The molecule has 0 radical (unpaired) electrons. The van der Waals surface area contributed by atoms with E-state index >= 15 is 0 Å². The van der Waals surface area contributed by atoms with Crippen LogP contribution in [0.4, 0.5) is 0 Å². The Morgan fingerprint density at radius 1 is 1.25 bits per heavy atom. The summed E-state index contributed by atoms with van der Waals surface area (Å²) in [7, 11) is 1.56. The maximum absolute atomic E-state index is 6.14. The van der Waals surface area contributed by atoms with Crippen LogP contribution in [0.15, 0.2) is 41.5 Å². The third kappa shape index (κ3) is 5.26. The van der Waals surface area contributed by atoms with E-state index in [1.807, 2.05) is 12.1 Å². The van der Waals surface area contributed by atoms with Crippen LogP contribution in [0.25, 0.3) is 0 Å². The minimum Gasteiger partial charge on any atom is -0.493 e. The van der Waals surface area contributed by atoms with Crippen LogP contribution in [0.5, 0.6) is 11.5 Å². The van der Waals surface area contributed by atoms with Crippen LogP contribution in [0.2, 0.25) is 10.0 Å². The lowest BCUT2D eigenvalue weighted by Crippen LogP contribution is -2.23. The van der Waals surface area contributed by atoms with Crippen LogP contribution in [-0.4, -0.2) is 18.4 Å². The average molecular weight is 384 g/mol. The van der Waals surface area contributed by atoms with E-state index in [1.54, 1.807) is 37.6 Å². The number of benzene rings is 2. The number of rotatable bonds is 6. The Balaban J connectivity index is 2.09. The van der Waals surface area contributed by atoms with E-state index in [1.165, 1.54) is 0 Å². The van der Waals surface area contributed by atoms with Crippen molar-refractivity contribution in [2.45, 2.75) is 6.61 Å². The van der Waals surface area contributed by atoms with Gasteiger partial charge in [0.2, 0.25) is 0 Å². The summed E-state index contributed by atoms with van der Waals surface area (Å²) in [5.74, 6) is 1.15. The van der Waals surface area contributed by atoms with Crippen molar-refractivity contribution in [1.82, 2.24) is 5.43 Å². The first kappa shape index (κ1) is 18.3. The fourth-order valence-corrected chi connectivity index (χ4v) is 2.36. The minimum atomic E-state index is 0.0954. The maximum Gasteiger partial charge on any atom is 0.184 e. The Kier molecular flexibility index (Phi) is 6.66. The van der Waals surface area contributed by atoms with Crippen molar-refractivity contribution in [2.75, 3.05) is 7.11 Å². The van der Waals surface area contributed by atoms with Gasteiger partial charge in [-0.05, 0) is 48.1 Å². The van der Waals surface area contributed by atoms with Crippen LogP contribution in [0, 0.1) is 0 Å². The molecule has 0 spiro atoms. The summed E-state index contributed by atoms with van der Waals surface area (Å²) in [6.07, 6.45) is 1.57. The van der Waals surface area contributed by atoms with Crippen LogP contribution in [0.3, 0.4) is 0 Å². The van der Waals surface area contributed by atoms with Crippen molar-refractivity contribution in [3.63, 3.8) is 0 Å². The van der Waals surface area contributed by atoms with E-state index in [-0.39, 0.29) is 5.11 Å². The highest BCUT2D eigenvalue weighted by Crippen LogP contribution is 2.29. The molecule has 126 valence electrons. The molecular formula is C16H15Cl2N3O2S. The first-order valence-corrected chi connectivity index (χ1v) is 7.99. The third-order valence-corrected chi connectivity index (χ3v) is 3.65. The number of methoxy groups -OCH3 is 1. The largest absolute Gasteiger partial charge is 0.493 e. The Bertz CT molecular complexity index is 769. The van der Waals surface area contributed by atoms with Crippen molar-refractivity contribution < 1.29 is 9.47 Å². The molecule has 2 aromatic carbocycles. The molecule has 0 heterocycles. The van der Waals surface area contributed by atoms with Gasteiger partial charge in [0.05, 0.1) is 13.3 Å². The van der Waals surface area contributed by atoms with Crippen LogP contribution in [-0.2, 0) is 6.61 Å². The molecule has 0 aliphatic carbocycles. The van der Waals surface area contributed by atoms with Gasteiger partial charge in [-0.1, -0.05) is 29.3 Å². The molecule has 0 aromatic heterocycles. The molecule has 0 bridgehead atoms. The van der Waals surface area contributed by atoms with E-state index in [0.29, 0.717) is 28.2 Å². The Morgan fingerprint density at radius 2 is 2.04 bits per heavy atom. The van der Waals surface area contributed by atoms with E-state index < -0.39 is 0 Å². The Morgan fingerprint density at radius 3 is 2.71 bits per heavy atom. The van der Waals surface area contributed by atoms with E-state index in [2.05, 4.69) is 22.7 Å². The van der Waals surface area contributed by atoms with Crippen molar-refractivity contribution in [3.8, 4) is 11.5 Å². The molecule has 0 aliphatic heterocycles. The molecule has 0 saturated carbocycles. The van der Waals surface area contributed by atoms with E-state index in [4.69, 9.17) is 38.4 Å². The summed E-state index contributed by atoms with van der Waals surface area (Å²) in [6.45, 7) is 0.294. The number of nitrogens with one attached hydrogen (secondary N) is 1. The lowest BCUT2D eigenvalue weighted by atomic mass is 10.2. The van der Waals surface area contributed by atoms with Gasteiger partial charge < -0.3 is 15.2 Å². The zero-order valence-corrected chi connectivity index (χ0v) is 15.1. The molecule has 5 nitrogen and oxygen atoms in total. The number of halogens is 2. The molecule has 2 rings (SSSR count). The molecule has 0 amide bonds.